The van der Waals surface area contributed by atoms with Crippen LogP contribution in [0.25, 0.3) is 0 Å². The molecule has 1 aromatic heterocycles. The molecule has 3 atom stereocenters. The molecular formula is C16H20FN5. The Morgan fingerprint density at radius 1 is 1.27 bits per heavy atom. The molecule has 1 aliphatic rings. The fourth-order valence-corrected chi connectivity index (χ4v) is 2.93. The quantitative estimate of drug-likeness (QED) is 0.910. The first-order valence-electron chi connectivity index (χ1n) is 7.54. The molecule has 0 bridgehead atoms. The molecular weight excluding hydrogens is 281 g/mol. The Morgan fingerprint density at radius 2 is 2.05 bits per heavy atom. The van der Waals surface area contributed by atoms with Gasteiger partial charge in [-0.05, 0) is 36.8 Å². The lowest BCUT2D eigenvalue weighted by molar-refractivity contribution is 0.356. The second kappa shape index (κ2) is 5.87. The van der Waals surface area contributed by atoms with Crippen molar-refractivity contribution < 1.29 is 4.39 Å². The normalized spacial score (nSPS) is 22.0. The molecule has 2 aromatic rings. The molecule has 0 radical (unpaired) electrons. The van der Waals surface area contributed by atoms with Crippen LogP contribution < -0.4 is 11.1 Å². The lowest BCUT2D eigenvalue weighted by atomic mass is 9.81. The molecule has 0 fully saturated rings. The van der Waals surface area contributed by atoms with Gasteiger partial charge in [-0.3, -0.25) is 0 Å². The Hall–Kier alpha value is -2.24. The summed E-state index contributed by atoms with van der Waals surface area (Å²) in [4.78, 5) is 12.1. The molecule has 0 aliphatic heterocycles. The highest BCUT2D eigenvalue weighted by molar-refractivity contribution is 5.40. The smallest absolute Gasteiger partial charge is 0.228 e. The van der Waals surface area contributed by atoms with Crippen LogP contribution in [0.5, 0.6) is 0 Å². The summed E-state index contributed by atoms with van der Waals surface area (Å²) in [6.07, 6.45) is 0.880. The fourth-order valence-electron chi connectivity index (χ4n) is 2.93. The summed E-state index contributed by atoms with van der Waals surface area (Å²) in [6.45, 7) is 3.58. The summed E-state index contributed by atoms with van der Waals surface area (Å²) < 4.78 is 13.5. The Bertz CT molecular complexity index is 673. The Labute approximate surface area is 129 Å². The van der Waals surface area contributed by atoms with E-state index in [0.717, 1.165) is 12.8 Å². The molecule has 1 aromatic carbocycles. The van der Waals surface area contributed by atoms with Crippen molar-refractivity contribution in [3.05, 3.63) is 41.2 Å². The maximum Gasteiger partial charge on any atom is 0.228 e. The van der Waals surface area contributed by atoms with Crippen LogP contribution in [0.3, 0.4) is 0 Å². The van der Waals surface area contributed by atoms with Gasteiger partial charge in [-0.15, -0.1) is 0 Å². The van der Waals surface area contributed by atoms with E-state index < -0.39 is 6.17 Å². The highest BCUT2D eigenvalue weighted by atomic mass is 19.1. The molecule has 3 N–H and O–H groups in total. The third-order valence-corrected chi connectivity index (χ3v) is 4.14. The van der Waals surface area contributed by atoms with E-state index in [-0.39, 0.29) is 17.8 Å². The highest BCUT2D eigenvalue weighted by Crippen LogP contribution is 2.36. The number of aromatic nitrogens is 3. The minimum Gasteiger partial charge on any atom is -0.368 e. The molecule has 0 unspecified atom stereocenters. The predicted octanol–water partition coefficient (Wildman–Crippen LogP) is 3.22. The second-order valence-corrected chi connectivity index (χ2v) is 5.83. The van der Waals surface area contributed by atoms with Crippen LogP contribution in [0, 0.1) is 5.92 Å². The average Bonchev–Trinajstić information content (AvgIpc) is 2.49. The van der Waals surface area contributed by atoms with Crippen LogP contribution in [0.1, 0.15) is 49.4 Å². The zero-order valence-corrected chi connectivity index (χ0v) is 12.8. The first kappa shape index (κ1) is 14.7. The van der Waals surface area contributed by atoms with E-state index in [1.807, 2.05) is 6.07 Å². The number of hydrogen-bond acceptors (Lipinski definition) is 5. The van der Waals surface area contributed by atoms with Crippen LogP contribution >= 0.6 is 0 Å². The maximum atomic E-state index is 13.5. The van der Waals surface area contributed by atoms with E-state index >= 15 is 0 Å². The van der Waals surface area contributed by atoms with Crippen molar-refractivity contribution in [3.8, 4) is 0 Å². The number of fused-ring (bicyclic) bond motifs is 1. The molecule has 0 amide bonds. The SMILES string of the molecule is C[C@H](F)c1nc(N)nc(N[C@H]2c3ccccc3CC[C@@H]2C)n1. The van der Waals surface area contributed by atoms with Gasteiger partial charge in [-0.25, -0.2) is 4.39 Å². The maximum absolute atomic E-state index is 13.5. The molecule has 0 saturated heterocycles. The van der Waals surface area contributed by atoms with Crippen LogP contribution in [-0.2, 0) is 6.42 Å². The van der Waals surface area contributed by atoms with Crippen molar-refractivity contribution in [2.75, 3.05) is 11.1 Å². The number of nitrogens with zero attached hydrogens (tertiary/aromatic N) is 3. The number of nitrogen functional groups attached to an aromatic ring is 1. The van der Waals surface area contributed by atoms with Crippen molar-refractivity contribution in [3.63, 3.8) is 0 Å². The van der Waals surface area contributed by atoms with Crippen LogP contribution in [0.2, 0.25) is 0 Å². The Morgan fingerprint density at radius 3 is 2.82 bits per heavy atom. The third-order valence-electron chi connectivity index (χ3n) is 4.14. The number of nitrogens with two attached hydrogens (primary N) is 1. The first-order chi connectivity index (χ1) is 10.5. The number of anilines is 2. The van der Waals surface area contributed by atoms with Gasteiger partial charge in [0.05, 0.1) is 6.04 Å². The van der Waals surface area contributed by atoms with E-state index in [4.69, 9.17) is 5.73 Å². The zero-order valence-electron chi connectivity index (χ0n) is 12.8. The van der Waals surface area contributed by atoms with Gasteiger partial charge in [0, 0.05) is 0 Å². The number of benzene rings is 1. The minimum absolute atomic E-state index is 0.0359. The predicted molar refractivity (Wildman–Crippen MR) is 84.1 cm³/mol. The van der Waals surface area contributed by atoms with Crippen LogP contribution in [0.4, 0.5) is 16.3 Å². The molecule has 3 rings (SSSR count). The molecule has 1 aliphatic carbocycles. The minimum atomic E-state index is -1.28. The number of hydrogen-bond donors (Lipinski definition) is 2. The monoisotopic (exact) mass is 301 g/mol. The average molecular weight is 301 g/mol. The van der Waals surface area contributed by atoms with E-state index in [0.29, 0.717) is 11.9 Å². The van der Waals surface area contributed by atoms with E-state index in [1.165, 1.54) is 18.1 Å². The van der Waals surface area contributed by atoms with Gasteiger partial charge in [0.15, 0.2) is 12.0 Å². The molecule has 0 saturated carbocycles. The van der Waals surface area contributed by atoms with Gasteiger partial charge in [0.2, 0.25) is 11.9 Å². The van der Waals surface area contributed by atoms with Crippen molar-refractivity contribution in [2.45, 2.75) is 38.9 Å². The standard InChI is InChI=1S/C16H20FN5/c1-9-7-8-11-5-3-4-6-12(11)13(9)19-16-21-14(10(2)17)20-15(18)22-16/h3-6,9-10,13H,7-8H2,1-2H3,(H3,18,19,20,21,22)/t9-,10-,13+/m0/s1. The third kappa shape index (κ3) is 2.86. The molecule has 22 heavy (non-hydrogen) atoms. The molecule has 116 valence electrons. The van der Waals surface area contributed by atoms with Gasteiger partial charge in [-0.1, -0.05) is 31.2 Å². The van der Waals surface area contributed by atoms with Crippen molar-refractivity contribution in [2.24, 2.45) is 5.92 Å². The van der Waals surface area contributed by atoms with E-state index in [1.54, 1.807) is 0 Å². The topological polar surface area (TPSA) is 76.7 Å². The lowest BCUT2D eigenvalue weighted by Crippen LogP contribution is -2.26. The van der Waals surface area contributed by atoms with Gasteiger partial charge < -0.3 is 11.1 Å². The van der Waals surface area contributed by atoms with Gasteiger partial charge in [0.25, 0.3) is 0 Å². The summed E-state index contributed by atoms with van der Waals surface area (Å²) >= 11 is 0. The second-order valence-electron chi connectivity index (χ2n) is 5.83. The van der Waals surface area contributed by atoms with Crippen LogP contribution in [-0.4, -0.2) is 15.0 Å². The number of nitrogens with one attached hydrogen (secondary N) is 1. The number of halogens is 1. The number of rotatable bonds is 3. The molecule has 1 heterocycles. The van der Waals surface area contributed by atoms with Crippen LogP contribution in [0.15, 0.2) is 24.3 Å². The lowest BCUT2D eigenvalue weighted by Gasteiger charge is -2.32. The van der Waals surface area contributed by atoms with E-state index in [2.05, 4.69) is 45.4 Å². The molecule has 5 nitrogen and oxygen atoms in total. The largest absolute Gasteiger partial charge is 0.368 e. The zero-order chi connectivity index (χ0) is 15.7. The molecule has 0 spiro atoms. The van der Waals surface area contributed by atoms with Crippen molar-refractivity contribution >= 4 is 11.9 Å². The molecule has 6 heteroatoms. The summed E-state index contributed by atoms with van der Waals surface area (Å²) in [5.41, 5.74) is 8.24. The first-order valence-corrected chi connectivity index (χ1v) is 7.54. The summed E-state index contributed by atoms with van der Waals surface area (Å²) in [5, 5.41) is 3.31. The summed E-state index contributed by atoms with van der Waals surface area (Å²) in [7, 11) is 0. The van der Waals surface area contributed by atoms with Crippen molar-refractivity contribution in [1.29, 1.82) is 0 Å². The van der Waals surface area contributed by atoms with E-state index in [9.17, 15) is 4.39 Å². The van der Waals surface area contributed by atoms with Gasteiger partial charge in [0.1, 0.15) is 0 Å². The Kier molecular flexibility index (Phi) is 3.92. The van der Waals surface area contributed by atoms with Crippen molar-refractivity contribution in [1.82, 2.24) is 15.0 Å². The van der Waals surface area contributed by atoms with Gasteiger partial charge >= 0.3 is 0 Å². The number of aryl methyl sites for hydroxylation is 1. The fraction of sp³-hybridized carbons (Fsp3) is 0.438. The highest BCUT2D eigenvalue weighted by Gasteiger charge is 2.27. The summed E-state index contributed by atoms with van der Waals surface area (Å²) in [6, 6.07) is 8.44. The Balaban J connectivity index is 1.93. The van der Waals surface area contributed by atoms with Gasteiger partial charge in [-0.2, -0.15) is 15.0 Å². The number of alkyl halides is 1. The summed E-state index contributed by atoms with van der Waals surface area (Å²) in [5.74, 6) is 0.861.